The number of halogens is 1. The highest BCUT2D eigenvalue weighted by Crippen LogP contribution is 2.11. The molecule has 0 aliphatic carbocycles. The molecule has 1 atom stereocenters. The molecule has 1 unspecified atom stereocenters. The first-order valence-electron chi connectivity index (χ1n) is 6.75. The lowest BCUT2D eigenvalue weighted by Gasteiger charge is -2.11. The molecule has 0 aliphatic heterocycles. The maximum absolute atomic E-state index is 13.0. The molecule has 1 amide bonds. The number of nitrogens with zero attached hydrogens (tertiary/aromatic N) is 2. The van der Waals surface area contributed by atoms with Crippen LogP contribution in [0.5, 0.6) is 0 Å². The molecule has 6 heteroatoms. The first kappa shape index (κ1) is 14.9. The lowest BCUT2D eigenvalue weighted by atomic mass is 10.2. The van der Waals surface area contributed by atoms with Gasteiger partial charge in [0, 0.05) is 11.7 Å². The topological polar surface area (TPSA) is 66.9 Å². The molecule has 2 N–H and O–H groups in total. The van der Waals surface area contributed by atoms with Gasteiger partial charge in [0.15, 0.2) is 5.69 Å². The monoisotopic (exact) mass is 288 g/mol. The van der Waals surface area contributed by atoms with Gasteiger partial charge in [0.2, 0.25) is 0 Å². The van der Waals surface area contributed by atoms with Crippen molar-refractivity contribution in [3.63, 3.8) is 0 Å². The third-order valence-electron chi connectivity index (χ3n) is 2.99. The molecule has 0 spiro atoms. The Kier molecular flexibility index (Phi) is 4.81. The lowest BCUT2D eigenvalue weighted by Crippen LogP contribution is -2.17. The minimum atomic E-state index is -0.428. The lowest BCUT2D eigenvalue weighted by molar-refractivity contribution is 0.102. The van der Waals surface area contributed by atoms with Crippen LogP contribution in [0.4, 0.5) is 15.9 Å². The fraction of sp³-hybridized carbons (Fsp3) is 0.267. The van der Waals surface area contributed by atoms with Crippen LogP contribution in [0.15, 0.2) is 36.4 Å². The molecule has 0 saturated heterocycles. The number of carbonyl (C=O) groups excluding carboxylic acids is 1. The molecule has 0 bridgehead atoms. The highest BCUT2D eigenvalue weighted by atomic mass is 19.1. The molecule has 2 aromatic rings. The largest absolute Gasteiger partial charge is 0.366 e. The molecule has 0 fully saturated rings. The van der Waals surface area contributed by atoms with Crippen molar-refractivity contribution in [2.45, 2.75) is 26.3 Å². The number of anilines is 2. The first-order chi connectivity index (χ1) is 10.1. The van der Waals surface area contributed by atoms with Crippen LogP contribution < -0.4 is 10.6 Å². The molecule has 0 aliphatic rings. The highest BCUT2D eigenvalue weighted by Gasteiger charge is 2.09. The van der Waals surface area contributed by atoms with Crippen molar-refractivity contribution in [1.29, 1.82) is 0 Å². The van der Waals surface area contributed by atoms with Gasteiger partial charge < -0.3 is 10.6 Å². The molecule has 1 heterocycles. The van der Waals surface area contributed by atoms with Gasteiger partial charge in [0.25, 0.3) is 5.91 Å². The molecule has 110 valence electrons. The van der Waals surface area contributed by atoms with E-state index in [4.69, 9.17) is 0 Å². The molecule has 1 aromatic heterocycles. The summed E-state index contributed by atoms with van der Waals surface area (Å²) in [5.74, 6) is -0.221. The van der Waals surface area contributed by atoms with E-state index < -0.39 is 11.7 Å². The van der Waals surface area contributed by atoms with Crippen LogP contribution in [0.1, 0.15) is 30.8 Å². The number of hydrogen-bond donors (Lipinski definition) is 2. The van der Waals surface area contributed by atoms with E-state index in [1.807, 2.05) is 6.92 Å². The van der Waals surface area contributed by atoms with Crippen LogP contribution in [-0.2, 0) is 0 Å². The van der Waals surface area contributed by atoms with E-state index in [9.17, 15) is 9.18 Å². The maximum Gasteiger partial charge on any atom is 0.276 e. The summed E-state index contributed by atoms with van der Waals surface area (Å²) in [6, 6.07) is 9.23. The zero-order chi connectivity index (χ0) is 15.2. The van der Waals surface area contributed by atoms with Crippen molar-refractivity contribution in [2.75, 3.05) is 10.6 Å². The first-order valence-corrected chi connectivity index (χ1v) is 6.75. The number of benzene rings is 1. The fourth-order valence-corrected chi connectivity index (χ4v) is 1.65. The smallest absolute Gasteiger partial charge is 0.276 e. The van der Waals surface area contributed by atoms with E-state index in [-0.39, 0.29) is 11.7 Å². The zero-order valence-electron chi connectivity index (χ0n) is 11.9. The van der Waals surface area contributed by atoms with Crippen LogP contribution >= 0.6 is 0 Å². The second kappa shape index (κ2) is 6.78. The van der Waals surface area contributed by atoms with Crippen LogP contribution in [-0.4, -0.2) is 22.1 Å². The Morgan fingerprint density at radius 2 is 2.10 bits per heavy atom. The second-order valence-electron chi connectivity index (χ2n) is 4.72. The standard InChI is InChI=1S/C15H17FN4O/c1-3-10(2)17-14-8-7-13(19-20-14)15(21)18-12-6-4-5-11(16)9-12/h4-10H,3H2,1-2H3,(H,17,20)(H,18,21). The summed E-state index contributed by atoms with van der Waals surface area (Å²) >= 11 is 0. The maximum atomic E-state index is 13.0. The third-order valence-corrected chi connectivity index (χ3v) is 2.99. The van der Waals surface area contributed by atoms with Gasteiger partial charge >= 0.3 is 0 Å². The average Bonchev–Trinajstić information content (AvgIpc) is 2.47. The molecule has 0 radical (unpaired) electrons. The van der Waals surface area contributed by atoms with E-state index in [0.29, 0.717) is 11.5 Å². The van der Waals surface area contributed by atoms with E-state index in [0.717, 1.165) is 6.42 Å². The van der Waals surface area contributed by atoms with Crippen molar-refractivity contribution in [3.05, 3.63) is 47.9 Å². The van der Waals surface area contributed by atoms with Gasteiger partial charge in [0.1, 0.15) is 11.6 Å². The number of nitrogens with one attached hydrogen (secondary N) is 2. The Morgan fingerprint density at radius 1 is 1.29 bits per heavy atom. The van der Waals surface area contributed by atoms with Crippen molar-refractivity contribution < 1.29 is 9.18 Å². The predicted molar refractivity (Wildman–Crippen MR) is 79.8 cm³/mol. The summed E-state index contributed by atoms with van der Waals surface area (Å²) < 4.78 is 13.0. The van der Waals surface area contributed by atoms with Crippen molar-refractivity contribution in [1.82, 2.24) is 10.2 Å². The predicted octanol–water partition coefficient (Wildman–Crippen LogP) is 3.08. The Bertz CT molecular complexity index is 615. The Labute approximate surface area is 122 Å². The number of amides is 1. The van der Waals surface area contributed by atoms with Gasteiger partial charge in [-0.3, -0.25) is 4.79 Å². The van der Waals surface area contributed by atoms with E-state index in [2.05, 4.69) is 27.8 Å². The van der Waals surface area contributed by atoms with Gasteiger partial charge in [-0.05, 0) is 43.7 Å². The Morgan fingerprint density at radius 3 is 2.71 bits per heavy atom. The zero-order valence-corrected chi connectivity index (χ0v) is 11.9. The number of aromatic nitrogens is 2. The third kappa shape index (κ3) is 4.24. The molecule has 1 aromatic carbocycles. The van der Waals surface area contributed by atoms with Crippen molar-refractivity contribution in [3.8, 4) is 0 Å². The van der Waals surface area contributed by atoms with E-state index in [1.165, 1.54) is 18.2 Å². The van der Waals surface area contributed by atoms with Crippen LogP contribution in [0.25, 0.3) is 0 Å². The van der Waals surface area contributed by atoms with Crippen LogP contribution in [0, 0.1) is 5.82 Å². The number of carbonyl (C=O) groups is 1. The summed E-state index contributed by atoms with van der Waals surface area (Å²) in [6.07, 6.45) is 0.962. The van der Waals surface area contributed by atoms with E-state index in [1.54, 1.807) is 18.2 Å². The van der Waals surface area contributed by atoms with Crippen LogP contribution in [0.3, 0.4) is 0 Å². The summed E-state index contributed by atoms with van der Waals surface area (Å²) in [6.45, 7) is 4.10. The highest BCUT2D eigenvalue weighted by molar-refractivity contribution is 6.02. The van der Waals surface area contributed by atoms with Crippen molar-refractivity contribution >= 4 is 17.4 Å². The number of hydrogen-bond acceptors (Lipinski definition) is 4. The fourth-order valence-electron chi connectivity index (χ4n) is 1.65. The summed E-state index contributed by atoms with van der Waals surface area (Å²) in [7, 11) is 0. The van der Waals surface area contributed by atoms with Gasteiger partial charge in [-0.2, -0.15) is 0 Å². The Balaban J connectivity index is 2.03. The summed E-state index contributed by atoms with van der Waals surface area (Å²) in [5.41, 5.74) is 0.553. The summed E-state index contributed by atoms with van der Waals surface area (Å²) in [4.78, 5) is 12.0. The molecular weight excluding hydrogens is 271 g/mol. The van der Waals surface area contributed by atoms with Gasteiger partial charge in [-0.1, -0.05) is 13.0 Å². The molecule has 2 rings (SSSR count). The van der Waals surface area contributed by atoms with E-state index >= 15 is 0 Å². The molecule has 21 heavy (non-hydrogen) atoms. The SMILES string of the molecule is CCC(C)Nc1ccc(C(=O)Nc2cccc(F)c2)nn1. The summed E-state index contributed by atoms with van der Waals surface area (Å²) in [5, 5.41) is 13.5. The average molecular weight is 288 g/mol. The minimum absolute atomic E-state index is 0.175. The van der Waals surface area contributed by atoms with Crippen molar-refractivity contribution in [2.24, 2.45) is 0 Å². The van der Waals surface area contributed by atoms with Gasteiger partial charge in [-0.25, -0.2) is 4.39 Å². The van der Waals surface area contributed by atoms with Gasteiger partial charge in [0.05, 0.1) is 0 Å². The molecular formula is C15H17FN4O. The molecule has 0 saturated carbocycles. The Hall–Kier alpha value is -2.50. The minimum Gasteiger partial charge on any atom is -0.366 e. The van der Waals surface area contributed by atoms with Gasteiger partial charge in [-0.15, -0.1) is 10.2 Å². The second-order valence-corrected chi connectivity index (χ2v) is 4.72. The molecule has 5 nitrogen and oxygen atoms in total. The normalized spacial score (nSPS) is 11.8. The quantitative estimate of drug-likeness (QED) is 0.887. The van der Waals surface area contributed by atoms with Crippen LogP contribution in [0.2, 0.25) is 0 Å². The number of rotatable bonds is 5.